The first-order valence-corrected chi connectivity index (χ1v) is 8.69. The maximum atomic E-state index is 6.04. The molecule has 5 nitrogen and oxygen atoms in total. The summed E-state index contributed by atoms with van der Waals surface area (Å²) in [7, 11) is 4.76. The van der Waals surface area contributed by atoms with Gasteiger partial charge in [0.05, 0.1) is 6.04 Å². The van der Waals surface area contributed by atoms with E-state index in [9.17, 15) is 0 Å². The molecular formula is C12H28N2O3Si. The lowest BCUT2D eigenvalue weighted by Gasteiger charge is -2.53. The van der Waals surface area contributed by atoms with E-state index in [1.807, 2.05) is 7.05 Å². The van der Waals surface area contributed by atoms with Crippen LogP contribution in [0.2, 0.25) is 6.04 Å². The molecule has 0 aromatic carbocycles. The first-order chi connectivity index (χ1) is 8.53. The summed E-state index contributed by atoms with van der Waals surface area (Å²) < 4.78 is 17.7. The summed E-state index contributed by atoms with van der Waals surface area (Å²) in [5, 5.41) is 1.39. The van der Waals surface area contributed by atoms with Crippen LogP contribution in [0.1, 0.15) is 32.6 Å². The van der Waals surface area contributed by atoms with Gasteiger partial charge in [-0.3, -0.25) is 5.84 Å². The van der Waals surface area contributed by atoms with E-state index >= 15 is 0 Å². The van der Waals surface area contributed by atoms with Crippen LogP contribution in [-0.2, 0) is 13.6 Å². The normalized spacial score (nSPS) is 31.8. The Kier molecular flexibility index (Phi) is 5.76. The van der Waals surface area contributed by atoms with E-state index in [-0.39, 0.29) is 11.3 Å². The second-order valence-electron chi connectivity index (χ2n) is 5.08. The lowest BCUT2D eigenvalue weighted by Crippen LogP contribution is -2.74. The smallest absolute Gasteiger partial charge is 0.372 e. The third kappa shape index (κ3) is 2.37. The molecule has 2 unspecified atom stereocenters. The maximum Gasteiger partial charge on any atom is 0.372 e. The van der Waals surface area contributed by atoms with Crippen LogP contribution in [0, 0.1) is 0 Å². The number of rotatable bonds is 6. The van der Waals surface area contributed by atoms with Gasteiger partial charge in [0.25, 0.3) is 0 Å². The highest BCUT2D eigenvalue weighted by molar-refractivity contribution is 6.71. The Balaban J connectivity index is 3.22. The summed E-state index contributed by atoms with van der Waals surface area (Å²) in [6.45, 7) is 2.16. The third-order valence-electron chi connectivity index (χ3n) is 4.30. The Bertz CT molecular complexity index is 262. The van der Waals surface area contributed by atoms with Crippen LogP contribution in [0.4, 0.5) is 0 Å². The van der Waals surface area contributed by atoms with Gasteiger partial charge in [0, 0.05) is 28.4 Å². The third-order valence-corrected chi connectivity index (χ3v) is 8.71. The predicted octanol–water partition coefficient (Wildman–Crippen LogP) is 1.41. The first-order valence-electron chi connectivity index (χ1n) is 6.66. The summed E-state index contributed by atoms with van der Waals surface area (Å²) in [5.41, 5.74) is 0. The van der Waals surface area contributed by atoms with Crippen molar-refractivity contribution in [2.24, 2.45) is 5.84 Å². The van der Waals surface area contributed by atoms with Gasteiger partial charge < -0.3 is 13.6 Å². The minimum Gasteiger partial charge on any atom is -0.396 e. The minimum absolute atomic E-state index is 0.155. The van der Waals surface area contributed by atoms with Crippen molar-refractivity contribution in [2.75, 3.05) is 28.4 Å². The van der Waals surface area contributed by atoms with Crippen LogP contribution < -0.4 is 5.84 Å². The Morgan fingerprint density at radius 2 is 1.94 bits per heavy atom. The van der Waals surface area contributed by atoms with E-state index in [4.69, 9.17) is 19.4 Å². The molecule has 2 atom stereocenters. The van der Waals surface area contributed by atoms with E-state index in [2.05, 4.69) is 6.92 Å². The molecule has 6 heteroatoms. The lowest BCUT2D eigenvalue weighted by atomic mass is 9.99. The Morgan fingerprint density at radius 3 is 2.33 bits per heavy atom. The summed E-state index contributed by atoms with van der Waals surface area (Å²) in [4.78, 5) is 0. The highest BCUT2D eigenvalue weighted by Gasteiger charge is 2.63. The molecule has 0 bridgehead atoms. The van der Waals surface area contributed by atoms with Crippen LogP contribution in [-0.4, -0.2) is 53.2 Å². The fourth-order valence-corrected chi connectivity index (χ4v) is 7.67. The van der Waals surface area contributed by atoms with Gasteiger partial charge in [-0.2, -0.15) is 0 Å². The van der Waals surface area contributed by atoms with Crippen LogP contribution in [0.3, 0.4) is 0 Å². The predicted molar refractivity (Wildman–Crippen MR) is 74.2 cm³/mol. The molecule has 1 rings (SSSR count). The van der Waals surface area contributed by atoms with E-state index in [0.29, 0.717) is 0 Å². The molecule has 18 heavy (non-hydrogen) atoms. The standard InChI is InChI=1S/C12H28N2O3Si/c1-6-9-12(15-3)11(14(2)13)8-7-10-18(12,16-4)17-5/h11H,6-10,13H2,1-5H3. The number of methoxy groups -OCH3 is 1. The fourth-order valence-electron chi connectivity index (χ4n) is 3.51. The number of hydrogen-bond acceptors (Lipinski definition) is 5. The number of nitrogens with two attached hydrogens (primary N) is 1. The quantitative estimate of drug-likeness (QED) is 0.452. The number of likely N-dealkylation sites (N-methyl/N-ethyl adjacent to an activating group) is 1. The molecule has 0 amide bonds. The van der Waals surface area contributed by atoms with Crippen molar-refractivity contribution in [1.29, 1.82) is 0 Å². The maximum absolute atomic E-state index is 6.04. The van der Waals surface area contributed by atoms with Gasteiger partial charge in [-0.1, -0.05) is 13.3 Å². The number of ether oxygens (including phenoxy) is 1. The van der Waals surface area contributed by atoms with Gasteiger partial charge >= 0.3 is 8.56 Å². The molecule has 1 saturated heterocycles. The highest BCUT2D eigenvalue weighted by Crippen LogP contribution is 2.44. The molecule has 2 N–H and O–H groups in total. The van der Waals surface area contributed by atoms with Gasteiger partial charge in [0.15, 0.2) is 0 Å². The van der Waals surface area contributed by atoms with Gasteiger partial charge in [-0.15, -0.1) is 0 Å². The molecule has 1 aliphatic rings. The fraction of sp³-hybridized carbons (Fsp3) is 1.00. The Morgan fingerprint density at radius 1 is 1.33 bits per heavy atom. The summed E-state index contributed by atoms with van der Waals surface area (Å²) in [6, 6.07) is 1.13. The molecule has 0 spiro atoms. The van der Waals surface area contributed by atoms with Gasteiger partial charge in [-0.25, -0.2) is 5.01 Å². The molecule has 0 aliphatic carbocycles. The van der Waals surface area contributed by atoms with Gasteiger partial charge in [0.2, 0.25) is 0 Å². The van der Waals surface area contributed by atoms with Crippen LogP contribution in [0.25, 0.3) is 0 Å². The molecule has 1 fully saturated rings. The summed E-state index contributed by atoms with van der Waals surface area (Å²) >= 11 is 0. The van der Waals surface area contributed by atoms with Crippen LogP contribution in [0.5, 0.6) is 0 Å². The van der Waals surface area contributed by atoms with Gasteiger partial charge in [0.1, 0.15) is 5.22 Å². The first kappa shape index (κ1) is 16.1. The second kappa shape index (κ2) is 6.45. The second-order valence-corrected chi connectivity index (χ2v) is 8.75. The van der Waals surface area contributed by atoms with E-state index < -0.39 is 8.56 Å². The Labute approximate surface area is 112 Å². The highest BCUT2D eigenvalue weighted by atomic mass is 28.4. The van der Waals surface area contributed by atoms with Crippen molar-refractivity contribution in [2.45, 2.75) is 49.9 Å². The van der Waals surface area contributed by atoms with E-state index in [0.717, 1.165) is 31.7 Å². The van der Waals surface area contributed by atoms with Crippen molar-refractivity contribution in [3.63, 3.8) is 0 Å². The van der Waals surface area contributed by atoms with Crippen molar-refractivity contribution >= 4 is 8.56 Å². The average Bonchev–Trinajstić information content (AvgIpc) is 2.38. The van der Waals surface area contributed by atoms with Crippen molar-refractivity contribution in [1.82, 2.24) is 5.01 Å². The lowest BCUT2D eigenvalue weighted by molar-refractivity contribution is -0.0686. The zero-order valence-corrected chi connectivity index (χ0v) is 13.4. The monoisotopic (exact) mass is 276 g/mol. The van der Waals surface area contributed by atoms with E-state index in [1.54, 1.807) is 26.3 Å². The summed E-state index contributed by atoms with van der Waals surface area (Å²) in [5.74, 6) is 6.04. The van der Waals surface area contributed by atoms with Crippen LogP contribution in [0.15, 0.2) is 0 Å². The van der Waals surface area contributed by atoms with Gasteiger partial charge in [-0.05, 0) is 25.3 Å². The largest absolute Gasteiger partial charge is 0.396 e. The molecule has 0 radical (unpaired) electrons. The molecule has 0 aromatic heterocycles. The number of hydrazine groups is 1. The zero-order chi connectivity index (χ0) is 13.8. The van der Waals surface area contributed by atoms with Crippen molar-refractivity contribution < 1.29 is 13.6 Å². The number of hydrogen-bond donors (Lipinski definition) is 1. The SMILES string of the molecule is CCCC1(OC)C(N(C)N)CCC[Si]1(OC)OC. The Hall–Kier alpha value is 0.0169. The average molecular weight is 276 g/mol. The molecule has 0 aromatic rings. The van der Waals surface area contributed by atoms with E-state index in [1.165, 1.54) is 0 Å². The topological polar surface area (TPSA) is 57.0 Å². The molecule has 108 valence electrons. The van der Waals surface area contributed by atoms with Crippen LogP contribution >= 0.6 is 0 Å². The van der Waals surface area contributed by atoms with Crippen molar-refractivity contribution in [3.05, 3.63) is 0 Å². The molecular weight excluding hydrogens is 248 g/mol. The summed E-state index contributed by atoms with van der Waals surface area (Å²) in [6.07, 6.45) is 4.06. The van der Waals surface area contributed by atoms with Crippen molar-refractivity contribution in [3.8, 4) is 0 Å². The molecule has 0 saturated carbocycles. The molecule has 1 heterocycles. The molecule has 1 aliphatic heterocycles. The zero-order valence-electron chi connectivity index (χ0n) is 12.4. The minimum atomic E-state index is -2.40. The number of nitrogens with zero attached hydrogens (tertiary/aromatic N) is 1.